The third-order valence-electron chi connectivity index (χ3n) is 5.39. The van der Waals surface area contributed by atoms with Crippen molar-refractivity contribution in [3.63, 3.8) is 0 Å². The summed E-state index contributed by atoms with van der Waals surface area (Å²) in [5, 5.41) is 0. The molecule has 0 amide bonds. The molecule has 3 rings (SSSR count). The van der Waals surface area contributed by atoms with Crippen molar-refractivity contribution in [2.45, 2.75) is 75.8 Å². The fourth-order valence-corrected chi connectivity index (χ4v) is 4.53. The minimum Gasteiger partial charge on any atom is -0.214 e. The third-order valence-corrected chi connectivity index (χ3v) is 5.39. The molecular weight excluding hydrogens is 222 g/mol. The van der Waals surface area contributed by atoms with Gasteiger partial charge in [-0.3, -0.25) is 0 Å². The van der Waals surface area contributed by atoms with E-state index in [-0.39, 0.29) is 18.9 Å². The van der Waals surface area contributed by atoms with Crippen LogP contribution in [0.4, 0.5) is 0 Å². The number of hydrogen-bond donors (Lipinski definition) is 0. The predicted octanol–water partition coefficient (Wildman–Crippen LogP) is 1.78. The van der Waals surface area contributed by atoms with Crippen molar-refractivity contribution >= 4 is 12.2 Å². The van der Waals surface area contributed by atoms with E-state index in [9.17, 15) is 0 Å². The summed E-state index contributed by atoms with van der Waals surface area (Å²) < 4.78 is 0. The Kier molecular flexibility index (Phi) is 6.25. The van der Waals surface area contributed by atoms with Crippen LogP contribution in [0.1, 0.15) is 64.2 Å². The van der Waals surface area contributed by atoms with Gasteiger partial charge in [0.25, 0.3) is 0 Å². The van der Waals surface area contributed by atoms with Gasteiger partial charge in [0.15, 0.2) is 0 Å². The molecule has 0 heterocycles. The van der Waals surface area contributed by atoms with Crippen LogP contribution in [0.25, 0.3) is 0 Å². The van der Waals surface area contributed by atoms with Crippen molar-refractivity contribution in [2.75, 3.05) is 0 Å². The summed E-state index contributed by atoms with van der Waals surface area (Å²) in [6, 6.07) is 9.28. The molecule has 2 saturated carbocycles. The van der Waals surface area contributed by atoms with Crippen molar-refractivity contribution in [2.24, 2.45) is 0 Å². The van der Waals surface area contributed by atoms with E-state index in [2.05, 4.69) is 24.3 Å². The molecular formula is C17H26BLi. The Morgan fingerprint density at radius 2 is 1.11 bits per heavy atom. The van der Waals surface area contributed by atoms with Crippen LogP contribution in [-0.2, 0) is 0 Å². The number of rotatable bonds is 3. The molecule has 0 aliphatic heterocycles. The van der Waals surface area contributed by atoms with Crippen LogP contribution in [0.5, 0.6) is 0 Å². The molecule has 1 aromatic carbocycles. The van der Waals surface area contributed by atoms with E-state index in [1.54, 1.807) is 5.46 Å². The smallest absolute Gasteiger partial charge is 0.214 e. The first-order valence-corrected chi connectivity index (χ1v) is 8.17. The average Bonchev–Trinajstić information content (AvgIpc) is 2.95. The summed E-state index contributed by atoms with van der Waals surface area (Å²) in [7, 11) is 0. The molecule has 0 saturated heterocycles. The van der Waals surface area contributed by atoms with Gasteiger partial charge in [0, 0.05) is 0 Å². The molecule has 0 unspecified atom stereocenters. The minimum absolute atomic E-state index is 0. The molecule has 2 heteroatoms. The Bertz CT molecular complexity index is 316. The van der Waals surface area contributed by atoms with Gasteiger partial charge in [-0.15, -0.1) is 0 Å². The number of hydrogen-bond acceptors (Lipinski definition) is 0. The molecule has 98 valence electrons. The molecule has 19 heavy (non-hydrogen) atoms. The van der Waals surface area contributed by atoms with Crippen LogP contribution in [0.3, 0.4) is 0 Å². The molecule has 2 aliphatic carbocycles. The Balaban J connectivity index is 0.00000133. The van der Waals surface area contributed by atoms with Crippen LogP contribution in [0, 0.1) is 0 Å². The fraction of sp³-hybridized carbons (Fsp3) is 0.706. The standard InChI is InChI=1S/C17H26B.Li/c1-3-9-15(10-4-1)18(17-13-7-8-14-17)16-11-5-2-6-12-16;/h7-8,13-16H,1-6,9-12H2;/q-1;+1. The first-order valence-electron chi connectivity index (χ1n) is 8.17. The van der Waals surface area contributed by atoms with E-state index < -0.39 is 0 Å². The molecule has 0 bridgehead atoms. The molecule has 0 aromatic heterocycles. The maximum Gasteiger partial charge on any atom is 1.00 e. The van der Waals surface area contributed by atoms with Gasteiger partial charge in [-0.1, -0.05) is 75.8 Å². The minimum atomic E-state index is 0. The monoisotopic (exact) mass is 248 g/mol. The molecule has 0 atom stereocenters. The zero-order valence-electron chi connectivity index (χ0n) is 12.6. The van der Waals surface area contributed by atoms with Gasteiger partial charge in [0.2, 0.25) is 0 Å². The van der Waals surface area contributed by atoms with Crippen molar-refractivity contribution in [1.82, 2.24) is 0 Å². The fourth-order valence-electron chi connectivity index (χ4n) is 4.53. The Morgan fingerprint density at radius 3 is 1.53 bits per heavy atom. The van der Waals surface area contributed by atoms with Crippen LogP contribution < -0.4 is 24.3 Å². The van der Waals surface area contributed by atoms with Crippen LogP contribution in [0.15, 0.2) is 24.3 Å². The van der Waals surface area contributed by atoms with Gasteiger partial charge in [-0.25, -0.2) is 12.1 Å². The van der Waals surface area contributed by atoms with Gasteiger partial charge >= 0.3 is 18.9 Å². The van der Waals surface area contributed by atoms with Crippen molar-refractivity contribution in [3.8, 4) is 0 Å². The van der Waals surface area contributed by atoms with E-state index >= 15 is 0 Å². The van der Waals surface area contributed by atoms with Gasteiger partial charge in [-0.2, -0.15) is 17.6 Å². The molecule has 1 aromatic rings. The predicted molar refractivity (Wildman–Crippen MR) is 81.1 cm³/mol. The molecule has 0 N–H and O–H groups in total. The Labute approximate surface area is 131 Å². The second-order valence-corrected chi connectivity index (χ2v) is 6.54. The summed E-state index contributed by atoms with van der Waals surface area (Å²) in [5.74, 6) is 1.98. The molecule has 0 nitrogen and oxygen atoms in total. The Hall–Kier alpha value is 0.0123. The first kappa shape index (κ1) is 15.4. The van der Waals surface area contributed by atoms with E-state index in [0.29, 0.717) is 0 Å². The largest absolute Gasteiger partial charge is 1.00 e. The van der Waals surface area contributed by atoms with Crippen molar-refractivity contribution in [1.29, 1.82) is 0 Å². The van der Waals surface area contributed by atoms with Crippen LogP contribution in [-0.4, -0.2) is 6.71 Å². The zero-order chi connectivity index (χ0) is 12.2. The average molecular weight is 248 g/mol. The Morgan fingerprint density at radius 1 is 0.684 bits per heavy atom. The van der Waals surface area contributed by atoms with Crippen LogP contribution in [0.2, 0.25) is 11.6 Å². The summed E-state index contributed by atoms with van der Waals surface area (Å²) >= 11 is 0. The summed E-state index contributed by atoms with van der Waals surface area (Å²) in [6.07, 6.45) is 14.9. The third kappa shape index (κ3) is 3.77. The van der Waals surface area contributed by atoms with E-state index in [4.69, 9.17) is 0 Å². The van der Waals surface area contributed by atoms with Crippen LogP contribution >= 0.6 is 0 Å². The quantitative estimate of drug-likeness (QED) is 0.565. The van der Waals surface area contributed by atoms with Gasteiger partial charge in [0.1, 0.15) is 6.71 Å². The summed E-state index contributed by atoms with van der Waals surface area (Å²) in [5.41, 5.74) is 1.66. The molecule has 0 radical (unpaired) electrons. The molecule has 2 aliphatic rings. The van der Waals surface area contributed by atoms with Gasteiger partial charge < -0.3 is 0 Å². The summed E-state index contributed by atoms with van der Waals surface area (Å²) in [6.45, 7) is 0.889. The summed E-state index contributed by atoms with van der Waals surface area (Å²) in [4.78, 5) is 0. The second-order valence-electron chi connectivity index (χ2n) is 6.54. The maximum atomic E-state index is 2.40. The normalized spacial score (nSPS) is 21.9. The van der Waals surface area contributed by atoms with Gasteiger partial charge in [0.05, 0.1) is 0 Å². The van der Waals surface area contributed by atoms with E-state index in [1.807, 2.05) is 0 Å². The van der Waals surface area contributed by atoms with E-state index in [1.165, 1.54) is 64.2 Å². The first-order chi connectivity index (χ1) is 8.95. The second kappa shape index (κ2) is 7.70. The topological polar surface area (TPSA) is 0 Å². The van der Waals surface area contributed by atoms with E-state index in [0.717, 1.165) is 18.3 Å². The SMILES string of the molecule is [Li+].c1cc[c-](B(C2CCCCC2)C2CCCCC2)c1. The zero-order valence-corrected chi connectivity index (χ0v) is 12.6. The molecule has 0 spiro atoms. The van der Waals surface area contributed by atoms with Crippen molar-refractivity contribution < 1.29 is 18.9 Å². The maximum absolute atomic E-state index is 2.40. The molecule has 2 fully saturated rings. The van der Waals surface area contributed by atoms with Crippen molar-refractivity contribution in [3.05, 3.63) is 24.3 Å². The van der Waals surface area contributed by atoms with Gasteiger partial charge in [-0.05, 0) is 0 Å².